The zero-order valence-corrected chi connectivity index (χ0v) is 18.1. The average molecular weight is 456 g/mol. The van der Waals surface area contributed by atoms with Gasteiger partial charge in [-0.3, -0.25) is 9.59 Å². The van der Waals surface area contributed by atoms with Crippen molar-refractivity contribution < 1.29 is 14.0 Å². The molecule has 2 N–H and O–H groups in total. The molecule has 2 amide bonds. The summed E-state index contributed by atoms with van der Waals surface area (Å²) in [6.07, 6.45) is 2.36. The Bertz CT molecular complexity index is 1250. The van der Waals surface area contributed by atoms with Gasteiger partial charge in [-0.15, -0.1) is 28.2 Å². The van der Waals surface area contributed by atoms with Crippen LogP contribution < -0.4 is 10.6 Å². The fraction of sp³-hybridized carbons (Fsp3) is 0.143. The Morgan fingerprint density at radius 3 is 2.81 bits per heavy atom. The van der Waals surface area contributed by atoms with Crippen molar-refractivity contribution >= 4 is 45.6 Å². The van der Waals surface area contributed by atoms with Gasteiger partial charge in [-0.05, 0) is 30.5 Å². The number of para-hydroxylation sites is 1. The molecular weight excluding hydrogens is 437 g/mol. The number of hydrogen-bond acceptors (Lipinski definition) is 6. The van der Waals surface area contributed by atoms with E-state index in [1.54, 1.807) is 28.8 Å². The van der Waals surface area contributed by atoms with Crippen LogP contribution in [0, 0.1) is 5.82 Å². The van der Waals surface area contributed by atoms with Crippen LogP contribution in [0.1, 0.15) is 5.69 Å². The molecule has 10 heteroatoms. The van der Waals surface area contributed by atoms with E-state index in [4.69, 9.17) is 0 Å². The van der Waals surface area contributed by atoms with Gasteiger partial charge < -0.3 is 10.6 Å². The van der Waals surface area contributed by atoms with E-state index in [1.165, 1.54) is 35.2 Å². The van der Waals surface area contributed by atoms with Gasteiger partial charge in [0.05, 0.1) is 11.4 Å². The summed E-state index contributed by atoms with van der Waals surface area (Å²) >= 11 is 2.89. The summed E-state index contributed by atoms with van der Waals surface area (Å²) in [4.78, 5) is 30.3. The summed E-state index contributed by atoms with van der Waals surface area (Å²) in [7, 11) is 0. The Kier molecular flexibility index (Phi) is 6.28. The Morgan fingerprint density at radius 1 is 1.16 bits per heavy atom. The molecule has 0 saturated carbocycles. The molecule has 0 radical (unpaired) electrons. The molecule has 0 aliphatic heterocycles. The van der Waals surface area contributed by atoms with Crippen LogP contribution in [0.15, 0.2) is 58.8 Å². The quantitative estimate of drug-likeness (QED) is 0.343. The number of aromatic nitrogens is 3. The molecule has 0 spiro atoms. The maximum Gasteiger partial charge on any atom is 0.313 e. The number of thioether (sulfide) groups is 1. The molecule has 4 rings (SSSR count). The number of thiazole rings is 1. The van der Waals surface area contributed by atoms with Crippen molar-refractivity contribution in [2.45, 2.75) is 11.3 Å². The first-order valence-electron chi connectivity index (χ1n) is 9.36. The Morgan fingerprint density at radius 2 is 2.00 bits per heavy atom. The van der Waals surface area contributed by atoms with Crippen LogP contribution in [0.5, 0.6) is 0 Å². The van der Waals surface area contributed by atoms with Crippen LogP contribution in [0.25, 0.3) is 16.3 Å². The lowest BCUT2D eigenvalue weighted by molar-refractivity contribution is -0.136. The number of nitrogens with one attached hydrogen (secondary N) is 2. The van der Waals surface area contributed by atoms with Gasteiger partial charge in [0, 0.05) is 28.8 Å². The van der Waals surface area contributed by atoms with Crippen LogP contribution in [-0.2, 0) is 16.0 Å². The number of carbonyl (C=O) groups is 2. The van der Waals surface area contributed by atoms with E-state index < -0.39 is 11.8 Å². The first kappa shape index (κ1) is 21.0. The van der Waals surface area contributed by atoms with Gasteiger partial charge in [0.1, 0.15) is 5.82 Å². The summed E-state index contributed by atoms with van der Waals surface area (Å²) in [6.45, 7) is 0.261. The van der Waals surface area contributed by atoms with E-state index in [0.717, 1.165) is 10.6 Å². The first-order chi connectivity index (χ1) is 15.0. The SMILES string of the molecule is CSc1ccccc1NC(=O)C(=O)NCCc1csc2nc(-c3cccc(F)c3)nn12. The molecule has 0 unspecified atom stereocenters. The highest BCUT2D eigenvalue weighted by atomic mass is 32.2. The van der Waals surface area contributed by atoms with Crippen molar-refractivity contribution in [2.24, 2.45) is 0 Å². The summed E-state index contributed by atoms with van der Waals surface area (Å²) in [5.41, 5.74) is 2.03. The predicted octanol–water partition coefficient (Wildman–Crippen LogP) is 3.62. The fourth-order valence-electron chi connectivity index (χ4n) is 2.96. The lowest BCUT2D eigenvalue weighted by Crippen LogP contribution is -2.36. The largest absolute Gasteiger partial charge is 0.347 e. The summed E-state index contributed by atoms with van der Waals surface area (Å²) in [5, 5.41) is 11.6. The molecule has 4 aromatic rings. The minimum Gasteiger partial charge on any atom is -0.347 e. The van der Waals surface area contributed by atoms with Gasteiger partial charge >= 0.3 is 11.8 Å². The molecule has 2 aromatic carbocycles. The molecular formula is C21H18FN5O2S2. The number of fused-ring (bicyclic) bond motifs is 1. The maximum absolute atomic E-state index is 13.5. The van der Waals surface area contributed by atoms with E-state index in [1.807, 2.05) is 23.8 Å². The second-order valence-electron chi connectivity index (χ2n) is 6.53. The average Bonchev–Trinajstić information content (AvgIpc) is 3.36. The first-order valence-corrected chi connectivity index (χ1v) is 11.5. The number of carbonyl (C=O) groups excluding carboxylic acids is 2. The van der Waals surface area contributed by atoms with Gasteiger partial charge in [-0.25, -0.2) is 8.91 Å². The lowest BCUT2D eigenvalue weighted by atomic mass is 10.2. The number of rotatable bonds is 6. The number of anilines is 1. The number of nitrogens with zero attached hydrogens (tertiary/aromatic N) is 3. The van der Waals surface area contributed by atoms with Gasteiger partial charge in [-0.2, -0.15) is 4.98 Å². The second kappa shape index (κ2) is 9.27. The van der Waals surface area contributed by atoms with Crippen molar-refractivity contribution in [1.82, 2.24) is 19.9 Å². The monoisotopic (exact) mass is 455 g/mol. The fourth-order valence-corrected chi connectivity index (χ4v) is 4.37. The highest BCUT2D eigenvalue weighted by Gasteiger charge is 2.16. The van der Waals surface area contributed by atoms with Crippen LogP contribution in [-0.4, -0.2) is 39.2 Å². The van der Waals surface area contributed by atoms with E-state index in [0.29, 0.717) is 28.5 Å². The van der Waals surface area contributed by atoms with E-state index in [-0.39, 0.29) is 12.4 Å². The Labute approximate surface area is 185 Å². The number of hydrogen-bond donors (Lipinski definition) is 2. The van der Waals surface area contributed by atoms with Crippen LogP contribution >= 0.6 is 23.1 Å². The third-order valence-electron chi connectivity index (χ3n) is 4.46. The standard InChI is InChI=1S/C21H18FN5O2S2/c1-30-17-8-3-2-7-16(17)24-20(29)19(28)23-10-9-15-12-31-21-25-18(26-27(15)21)13-5-4-6-14(22)11-13/h2-8,11-12H,9-10H2,1H3,(H,23,28)(H,24,29). The molecule has 0 bridgehead atoms. The highest BCUT2D eigenvalue weighted by Crippen LogP contribution is 2.24. The topological polar surface area (TPSA) is 88.4 Å². The molecule has 0 fully saturated rings. The number of benzene rings is 2. The molecule has 0 atom stereocenters. The van der Waals surface area contributed by atoms with E-state index in [9.17, 15) is 14.0 Å². The molecule has 158 valence electrons. The molecule has 31 heavy (non-hydrogen) atoms. The zero-order chi connectivity index (χ0) is 21.8. The normalized spacial score (nSPS) is 10.9. The maximum atomic E-state index is 13.5. The molecule has 0 saturated heterocycles. The summed E-state index contributed by atoms with van der Waals surface area (Å²) in [5.74, 6) is -1.34. The Balaban J connectivity index is 1.37. The van der Waals surface area contributed by atoms with Gasteiger partial charge in [-0.1, -0.05) is 24.3 Å². The van der Waals surface area contributed by atoms with E-state index in [2.05, 4.69) is 20.7 Å². The molecule has 0 aliphatic carbocycles. The second-order valence-corrected chi connectivity index (χ2v) is 8.21. The van der Waals surface area contributed by atoms with Crippen molar-refractivity contribution in [3.05, 3.63) is 65.4 Å². The number of amides is 2. The van der Waals surface area contributed by atoms with Gasteiger partial charge in [0.2, 0.25) is 4.96 Å². The minimum atomic E-state index is -0.717. The predicted molar refractivity (Wildman–Crippen MR) is 120 cm³/mol. The van der Waals surface area contributed by atoms with Crippen LogP contribution in [0.2, 0.25) is 0 Å². The van der Waals surface area contributed by atoms with Crippen LogP contribution in [0.4, 0.5) is 10.1 Å². The molecule has 7 nitrogen and oxygen atoms in total. The van der Waals surface area contributed by atoms with Gasteiger partial charge in [0.15, 0.2) is 5.82 Å². The van der Waals surface area contributed by atoms with Crippen molar-refractivity contribution in [2.75, 3.05) is 18.1 Å². The number of halogens is 1. The smallest absolute Gasteiger partial charge is 0.313 e. The van der Waals surface area contributed by atoms with Crippen LogP contribution in [0.3, 0.4) is 0 Å². The lowest BCUT2D eigenvalue weighted by Gasteiger charge is -2.09. The highest BCUT2D eigenvalue weighted by molar-refractivity contribution is 7.98. The van der Waals surface area contributed by atoms with Crippen molar-refractivity contribution in [3.8, 4) is 11.4 Å². The Hall–Kier alpha value is -3.24. The molecule has 0 aliphatic rings. The van der Waals surface area contributed by atoms with Gasteiger partial charge in [0.25, 0.3) is 0 Å². The minimum absolute atomic E-state index is 0.261. The third kappa shape index (κ3) is 4.75. The third-order valence-corrected chi connectivity index (χ3v) is 6.12. The van der Waals surface area contributed by atoms with Crippen molar-refractivity contribution in [1.29, 1.82) is 0 Å². The zero-order valence-electron chi connectivity index (χ0n) is 16.5. The van der Waals surface area contributed by atoms with E-state index >= 15 is 0 Å². The molecule has 2 aromatic heterocycles. The summed E-state index contributed by atoms with van der Waals surface area (Å²) < 4.78 is 15.1. The summed E-state index contributed by atoms with van der Waals surface area (Å²) in [6, 6.07) is 13.4. The van der Waals surface area contributed by atoms with Crippen molar-refractivity contribution in [3.63, 3.8) is 0 Å². The molecule has 2 heterocycles.